The maximum atomic E-state index is 3.41. The van der Waals surface area contributed by atoms with Crippen molar-refractivity contribution in [2.75, 3.05) is 0 Å². The van der Waals surface area contributed by atoms with Crippen molar-refractivity contribution in [1.29, 1.82) is 0 Å². The van der Waals surface area contributed by atoms with Gasteiger partial charge in [0.15, 0.2) is 0 Å². The van der Waals surface area contributed by atoms with Gasteiger partial charge in [0, 0.05) is 11.4 Å². The number of hydrogen-bond donors (Lipinski definition) is 3. The van der Waals surface area contributed by atoms with E-state index in [-0.39, 0.29) is 0 Å². The lowest BCUT2D eigenvalue weighted by atomic mass is 10.3. The fourth-order valence-electron chi connectivity index (χ4n) is 2.03. The van der Waals surface area contributed by atoms with E-state index in [0.29, 0.717) is 0 Å². The first-order valence-corrected chi connectivity index (χ1v) is 5.73. The van der Waals surface area contributed by atoms with Crippen molar-refractivity contribution in [1.82, 2.24) is 15.0 Å². The Hall–Kier alpha value is -2.16. The topological polar surface area (TPSA) is 47.4 Å². The Labute approximate surface area is 99.9 Å². The second-order valence-electron chi connectivity index (χ2n) is 4.40. The molecule has 3 rings (SSSR count). The van der Waals surface area contributed by atoms with Crippen LogP contribution in [0.2, 0.25) is 0 Å². The molecule has 3 heteroatoms. The molecule has 0 spiro atoms. The number of hydrogen-bond acceptors (Lipinski definition) is 0. The summed E-state index contributed by atoms with van der Waals surface area (Å²) in [5, 5.41) is 0. The molecule has 3 aromatic rings. The van der Waals surface area contributed by atoms with Crippen molar-refractivity contribution >= 4 is 0 Å². The summed E-state index contributed by atoms with van der Waals surface area (Å²) in [6.07, 6.45) is 0. The lowest BCUT2D eigenvalue weighted by Gasteiger charge is -1.95. The molecule has 0 radical (unpaired) electrons. The molecule has 0 aliphatic rings. The molecular weight excluding hydrogens is 210 g/mol. The lowest BCUT2D eigenvalue weighted by Crippen LogP contribution is -1.80. The summed E-state index contributed by atoms with van der Waals surface area (Å²) in [5.74, 6) is 0. The molecule has 17 heavy (non-hydrogen) atoms. The van der Waals surface area contributed by atoms with Crippen molar-refractivity contribution < 1.29 is 0 Å². The third kappa shape index (κ3) is 1.80. The normalized spacial score (nSPS) is 10.9. The third-order valence-electron chi connectivity index (χ3n) is 2.93. The molecule has 0 fully saturated rings. The molecule has 3 N–H and O–H groups in total. The van der Waals surface area contributed by atoms with Gasteiger partial charge in [-0.25, -0.2) is 0 Å². The van der Waals surface area contributed by atoms with E-state index >= 15 is 0 Å². The van der Waals surface area contributed by atoms with Crippen molar-refractivity contribution in [2.45, 2.75) is 13.8 Å². The van der Waals surface area contributed by atoms with Gasteiger partial charge in [-0.15, -0.1) is 0 Å². The zero-order valence-electron chi connectivity index (χ0n) is 9.96. The van der Waals surface area contributed by atoms with Crippen LogP contribution >= 0.6 is 0 Å². The van der Waals surface area contributed by atoms with Crippen LogP contribution in [0.3, 0.4) is 0 Å². The lowest BCUT2D eigenvalue weighted by molar-refractivity contribution is 1.23. The Morgan fingerprint density at radius 3 is 1.24 bits per heavy atom. The van der Waals surface area contributed by atoms with Crippen molar-refractivity contribution in [2.24, 2.45) is 0 Å². The molecule has 0 aromatic carbocycles. The molecule has 0 atom stereocenters. The van der Waals surface area contributed by atoms with E-state index < -0.39 is 0 Å². The summed E-state index contributed by atoms with van der Waals surface area (Å²) >= 11 is 0. The monoisotopic (exact) mass is 225 g/mol. The number of nitrogens with one attached hydrogen (secondary N) is 3. The van der Waals surface area contributed by atoms with Crippen LogP contribution in [0.15, 0.2) is 36.4 Å². The van der Waals surface area contributed by atoms with Gasteiger partial charge in [0.1, 0.15) is 0 Å². The van der Waals surface area contributed by atoms with Gasteiger partial charge in [-0.3, -0.25) is 0 Å². The van der Waals surface area contributed by atoms with Crippen molar-refractivity contribution in [3.05, 3.63) is 47.8 Å². The highest BCUT2D eigenvalue weighted by Gasteiger charge is 2.05. The fourth-order valence-corrected chi connectivity index (χ4v) is 2.03. The average molecular weight is 225 g/mol. The maximum Gasteiger partial charge on any atom is 0.0624 e. The Morgan fingerprint density at radius 2 is 0.882 bits per heavy atom. The van der Waals surface area contributed by atoms with E-state index in [1.807, 2.05) is 0 Å². The molecule has 0 aliphatic heterocycles. The summed E-state index contributed by atoms with van der Waals surface area (Å²) in [7, 11) is 0. The van der Waals surface area contributed by atoms with Gasteiger partial charge in [-0.2, -0.15) is 0 Å². The molecule has 0 aliphatic carbocycles. The van der Waals surface area contributed by atoms with Crippen LogP contribution in [0.25, 0.3) is 22.8 Å². The minimum atomic E-state index is 1.11. The first kappa shape index (κ1) is 10.0. The van der Waals surface area contributed by atoms with Crippen LogP contribution < -0.4 is 0 Å². The van der Waals surface area contributed by atoms with Gasteiger partial charge in [-0.05, 0) is 50.2 Å². The van der Waals surface area contributed by atoms with E-state index in [0.717, 1.165) is 22.8 Å². The van der Waals surface area contributed by atoms with Crippen LogP contribution in [0.1, 0.15) is 11.4 Å². The van der Waals surface area contributed by atoms with E-state index in [1.165, 1.54) is 11.4 Å². The Morgan fingerprint density at radius 1 is 0.529 bits per heavy atom. The number of aryl methyl sites for hydroxylation is 2. The summed E-state index contributed by atoms with van der Waals surface area (Å²) < 4.78 is 0. The molecule has 0 saturated carbocycles. The van der Waals surface area contributed by atoms with E-state index in [9.17, 15) is 0 Å². The van der Waals surface area contributed by atoms with Gasteiger partial charge in [0.25, 0.3) is 0 Å². The largest absolute Gasteiger partial charge is 0.357 e. The molecule has 0 bridgehead atoms. The molecule has 0 unspecified atom stereocenters. The van der Waals surface area contributed by atoms with Crippen LogP contribution in [0.5, 0.6) is 0 Å². The second kappa shape index (κ2) is 3.70. The van der Waals surface area contributed by atoms with E-state index in [1.54, 1.807) is 0 Å². The highest BCUT2D eigenvalue weighted by atomic mass is 14.8. The van der Waals surface area contributed by atoms with Crippen molar-refractivity contribution in [3.8, 4) is 22.8 Å². The van der Waals surface area contributed by atoms with Crippen LogP contribution in [-0.2, 0) is 0 Å². The van der Waals surface area contributed by atoms with Crippen LogP contribution in [0.4, 0.5) is 0 Å². The zero-order chi connectivity index (χ0) is 11.8. The number of aromatic nitrogens is 3. The minimum Gasteiger partial charge on any atom is -0.357 e. The molecule has 3 heterocycles. The SMILES string of the molecule is Cc1ccc(-c2ccc(-c3ccc(C)[nH]3)[nH]2)[nH]1. The smallest absolute Gasteiger partial charge is 0.0624 e. The third-order valence-corrected chi connectivity index (χ3v) is 2.93. The Balaban J connectivity index is 1.98. The summed E-state index contributed by atoms with van der Waals surface area (Å²) in [5.41, 5.74) is 6.81. The zero-order valence-corrected chi connectivity index (χ0v) is 9.96. The Kier molecular flexibility index (Phi) is 2.18. The highest BCUT2D eigenvalue weighted by molar-refractivity contribution is 5.64. The fraction of sp³-hybridized carbons (Fsp3) is 0.143. The van der Waals surface area contributed by atoms with E-state index in [2.05, 4.69) is 65.2 Å². The number of aromatic amines is 3. The number of H-pyrrole nitrogens is 3. The first-order chi connectivity index (χ1) is 8.22. The minimum absolute atomic E-state index is 1.11. The summed E-state index contributed by atoms with van der Waals surface area (Å²) in [6.45, 7) is 4.11. The Bertz CT molecular complexity index is 585. The average Bonchev–Trinajstić information content (AvgIpc) is 2.96. The molecule has 0 saturated heterocycles. The number of rotatable bonds is 2. The summed E-state index contributed by atoms with van der Waals surface area (Å²) in [4.78, 5) is 10.1. The molecule has 0 amide bonds. The molecule has 3 aromatic heterocycles. The van der Waals surface area contributed by atoms with Gasteiger partial charge < -0.3 is 15.0 Å². The van der Waals surface area contributed by atoms with Gasteiger partial charge in [0.2, 0.25) is 0 Å². The van der Waals surface area contributed by atoms with Crippen LogP contribution in [0, 0.1) is 13.8 Å². The second-order valence-corrected chi connectivity index (χ2v) is 4.40. The molecular formula is C14H15N3. The maximum absolute atomic E-state index is 3.41. The standard InChI is InChI=1S/C14H15N3/c1-9-3-5-11(15-9)13-7-8-14(17-13)12-6-4-10(2)16-12/h3-8,15-17H,1-2H3. The predicted molar refractivity (Wildman–Crippen MR) is 69.8 cm³/mol. The van der Waals surface area contributed by atoms with Gasteiger partial charge in [-0.1, -0.05) is 0 Å². The molecule has 3 nitrogen and oxygen atoms in total. The van der Waals surface area contributed by atoms with Gasteiger partial charge in [0.05, 0.1) is 22.8 Å². The van der Waals surface area contributed by atoms with Crippen LogP contribution in [-0.4, -0.2) is 15.0 Å². The summed E-state index contributed by atoms with van der Waals surface area (Å²) in [6, 6.07) is 12.5. The first-order valence-electron chi connectivity index (χ1n) is 5.73. The van der Waals surface area contributed by atoms with E-state index in [4.69, 9.17) is 0 Å². The quantitative estimate of drug-likeness (QED) is 0.596. The molecule has 86 valence electrons. The predicted octanol–water partition coefficient (Wildman–Crippen LogP) is 3.62. The van der Waals surface area contributed by atoms with Crippen molar-refractivity contribution in [3.63, 3.8) is 0 Å². The highest BCUT2D eigenvalue weighted by Crippen LogP contribution is 2.23. The van der Waals surface area contributed by atoms with Gasteiger partial charge >= 0.3 is 0 Å².